The molecule has 2 N–H and O–H groups in total. The summed E-state index contributed by atoms with van der Waals surface area (Å²) in [6.07, 6.45) is 7.51. The number of nitrogens with zero attached hydrogens (tertiary/aromatic N) is 3. The number of ether oxygens (including phenoxy) is 1. The van der Waals surface area contributed by atoms with Gasteiger partial charge in [0.2, 0.25) is 0 Å². The largest absolute Gasteiger partial charge is 0.384 e. The summed E-state index contributed by atoms with van der Waals surface area (Å²) in [5.74, 6) is 0.630. The Hall–Kier alpha value is -0.910. The lowest BCUT2D eigenvalue weighted by Gasteiger charge is -2.37. The van der Waals surface area contributed by atoms with Crippen LogP contribution in [0, 0.1) is 5.92 Å². The van der Waals surface area contributed by atoms with Crippen LogP contribution in [0.1, 0.15) is 37.9 Å². The van der Waals surface area contributed by atoms with Crippen LogP contribution in [0.15, 0.2) is 12.5 Å². The Bertz CT molecular complexity index is 391. The van der Waals surface area contributed by atoms with Gasteiger partial charge in [-0.25, -0.2) is 4.98 Å². The zero-order chi connectivity index (χ0) is 14.4. The van der Waals surface area contributed by atoms with Gasteiger partial charge in [0.15, 0.2) is 0 Å². The van der Waals surface area contributed by atoms with E-state index in [1.807, 2.05) is 12.5 Å². The third-order valence-corrected chi connectivity index (χ3v) is 4.17. The van der Waals surface area contributed by atoms with Crippen molar-refractivity contribution in [2.45, 2.75) is 38.8 Å². The molecule has 2 heterocycles. The predicted molar refractivity (Wildman–Crippen MR) is 80.5 cm³/mol. The van der Waals surface area contributed by atoms with Crippen LogP contribution in [0.3, 0.4) is 0 Å². The van der Waals surface area contributed by atoms with Crippen molar-refractivity contribution in [1.29, 1.82) is 0 Å². The maximum absolute atomic E-state index is 6.07. The first-order valence-electron chi connectivity index (χ1n) is 7.73. The highest BCUT2D eigenvalue weighted by atomic mass is 16.5. The van der Waals surface area contributed by atoms with E-state index >= 15 is 0 Å². The molecule has 2 unspecified atom stereocenters. The molecule has 20 heavy (non-hydrogen) atoms. The molecular formula is C15H28N4O. The third kappa shape index (κ3) is 3.59. The minimum atomic E-state index is 0.281. The molecule has 0 spiro atoms. The van der Waals surface area contributed by atoms with Gasteiger partial charge in [-0.2, -0.15) is 0 Å². The smallest absolute Gasteiger partial charge is 0.0948 e. The second-order valence-corrected chi connectivity index (χ2v) is 5.72. The van der Waals surface area contributed by atoms with E-state index in [0.29, 0.717) is 12.5 Å². The maximum Gasteiger partial charge on any atom is 0.0948 e. The molecule has 0 saturated carbocycles. The molecule has 2 atom stereocenters. The summed E-state index contributed by atoms with van der Waals surface area (Å²) in [7, 11) is 1.79. The van der Waals surface area contributed by atoms with E-state index in [-0.39, 0.29) is 6.04 Å². The predicted octanol–water partition coefficient (Wildman–Crippen LogP) is 1.65. The quantitative estimate of drug-likeness (QED) is 0.825. The fraction of sp³-hybridized carbons (Fsp3) is 0.800. The van der Waals surface area contributed by atoms with Gasteiger partial charge >= 0.3 is 0 Å². The number of nitrogens with two attached hydrogens (primary N) is 1. The molecule has 1 aliphatic rings. The van der Waals surface area contributed by atoms with Crippen molar-refractivity contribution in [2.24, 2.45) is 11.7 Å². The molecule has 0 bridgehead atoms. The summed E-state index contributed by atoms with van der Waals surface area (Å²) < 4.78 is 7.57. The number of hydrogen-bond acceptors (Lipinski definition) is 4. The molecule has 1 aliphatic heterocycles. The second kappa shape index (κ2) is 7.76. The molecule has 0 aliphatic carbocycles. The van der Waals surface area contributed by atoms with Crippen molar-refractivity contribution in [3.05, 3.63) is 18.2 Å². The molecule has 5 heteroatoms. The van der Waals surface area contributed by atoms with Gasteiger partial charge < -0.3 is 15.0 Å². The highest BCUT2D eigenvalue weighted by Gasteiger charge is 2.27. The van der Waals surface area contributed by atoms with Crippen LogP contribution in [0.25, 0.3) is 0 Å². The Kier molecular flexibility index (Phi) is 6.01. The lowest BCUT2D eigenvalue weighted by atomic mass is 9.96. The Morgan fingerprint density at radius 2 is 2.40 bits per heavy atom. The minimum Gasteiger partial charge on any atom is -0.384 e. The molecule has 0 aromatic carbocycles. The number of aryl methyl sites for hydroxylation is 1. The highest BCUT2D eigenvalue weighted by molar-refractivity contribution is 5.07. The van der Waals surface area contributed by atoms with Crippen LogP contribution >= 0.6 is 0 Å². The molecular weight excluding hydrogens is 252 g/mol. The van der Waals surface area contributed by atoms with E-state index in [2.05, 4.69) is 21.4 Å². The van der Waals surface area contributed by atoms with Gasteiger partial charge in [0.1, 0.15) is 0 Å². The van der Waals surface area contributed by atoms with E-state index < -0.39 is 0 Å². The summed E-state index contributed by atoms with van der Waals surface area (Å²) in [5, 5.41) is 0. The van der Waals surface area contributed by atoms with Crippen molar-refractivity contribution < 1.29 is 4.74 Å². The minimum absolute atomic E-state index is 0.281. The number of hydrogen-bond donors (Lipinski definition) is 1. The number of methoxy groups -OCH3 is 1. The number of aromatic nitrogens is 2. The molecule has 0 radical (unpaired) electrons. The lowest BCUT2D eigenvalue weighted by Crippen LogP contribution is -2.42. The van der Waals surface area contributed by atoms with Crippen molar-refractivity contribution in [1.82, 2.24) is 14.5 Å². The van der Waals surface area contributed by atoms with E-state index in [0.717, 1.165) is 32.7 Å². The second-order valence-electron chi connectivity index (χ2n) is 5.72. The van der Waals surface area contributed by atoms with Crippen molar-refractivity contribution in [3.8, 4) is 0 Å². The summed E-state index contributed by atoms with van der Waals surface area (Å²) in [6.45, 7) is 6.90. The SMILES string of the molecule is CCCn1cncc1C(CN)N1CCCC(COC)C1. The topological polar surface area (TPSA) is 56.3 Å². The van der Waals surface area contributed by atoms with Crippen molar-refractivity contribution in [3.63, 3.8) is 0 Å². The Labute approximate surface area is 122 Å². The van der Waals surface area contributed by atoms with Gasteiger partial charge in [0, 0.05) is 32.9 Å². The first-order valence-corrected chi connectivity index (χ1v) is 7.73. The summed E-state index contributed by atoms with van der Waals surface area (Å²) in [4.78, 5) is 6.83. The number of likely N-dealkylation sites (tertiary alicyclic amines) is 1. The molecule has 1 saturated heterocycles. The molecule has 0 amide bonds. The fourth-order valence-electron chi connectivity index (χ4n) is 3.25. The van der Waals surface area contributed by atoms with Crippen LogP contribution in [0.4, 0.5) is 0 Å². The fourth-order valence-corrected chi connectivity index (χ4v) is 3.25. The zero-order valence-electron chi connectivity index (χ0n) is 12.8. The van der Waals surface area contributed by atoms with Gasteiger partial charge in [0.05, 0.1) is 24.7 Å². The summed E-state index contributed by atoms with van der Waals surface area (Å²) in [5.41, 5.74) is 7.32. The number of imidazole rings is 1. The average Bonchev–Trinajstić information content (AvgIpc) is 2.89. The van der Waals surface area contributed by atoms with Gasteiger partial charge in [-0.05, 0) is 31.7 Å². The Balaban J connectivity index is 2.08. The van der Waals surface area contributed by atoms with E-state index in [4.69, 9.17) is 10.5 Å². The molecule has 1 aromatic heterocycles. The summed E-state index contributed by atoms with van der Waals surface area (Å²) in [6, 6.07) is 0.281. The first kappa shape index (κ1) is 15.5. The van der Waals surface area contributed by atoms with E-state index in [9.17, 15) is 0 Å². The van der Waals surface area contributed by atoms with Gasteiger partial charge in [-0.3, -0.25) is 4.90 Å². The Morgan fingerprint density at radius 3 is 3.10 bits per heavy atom. The molecule has 2 rings (SSSR count). The number of piperidine rings is 1. The average molecular weight is 280 g/mol. The van der Waals surface area contributed by atoms with Crippen LogP contribution in [-0.4, -0.2) is 47.8 Å². The Morgan fingerprint density at radius 1 is 1.55 bits per heavy atom. The molecule has 114 valence electrons. The van der Waals surface area contributed by atoms with Gasteiger partial charge in [-0.15, -0.1) is 0 Å². The molecule has 5 nitrogen and oxygen atoms in total. The van der Waals surface area contributed by atoms with Crippen LogP contribution < -0.4 is 5.73 Å². The summed E-state index contributed by atoms with van der Waals surface area (Å²) >= 11 is 0. The third-order valence-electron chi connectivity index (χ3n) is 4.17. The normalized spacial score (nSPS) is 22.1. The zero-order valence-corrected chi connectivity index (χ0v) is 12.8. The van der Waals surface area contributed by atoms with Crippen molar-refractivity contribution in [2.75, 3.05) is 33.4 Å². The van der Waals surface area contributed by atoms with Crippen LogP contribution in [-0.2, 0) is 11.3 Å². The van der Waals surface area contributed by atoms with Crippen LogP contribution in [0.2, 0.25) is 0 Å². The first-order chi connectivity index (χ1) is 9.80. The highest BCUT2D eigenvalue weighted by Crippen LogP contribution is 2.26. The lowest BCUT2D eigenvalue weighted by molar-refractivity contribution is 0.0677. The molecule has 1 fully saturated rings. The van der Waals surface area contributed by atoms with E-state index in [1.54, 1.807) is 7.11 Å². The van der Waals surface area contributed by atoms with E-state index in [1.165, 1.54) is 18.5 Å². The standard InChI is InChI=1S/C15H28N4O/c1-3-6-19-12-17-9-15(19)14(8-16)18-7-4-5-13(10-18)11-20-2/h9,12-14H,3-8,10-11,16H2,1-2H3. The molecule has 1 aromatic rings. The van der Waals surface area contributed by atoms with Gasteiger partial charge in [0.25, 0.3) is 0 Å². The number of rotatable bonds is 7. The van der Waals surface area contributed by atoms with Crippen LogP contribution in [0.5, 0.6) is 0 Å². The maximum atomic E-state index is 6.07. The van der Waals surface area contributed by atoms with Crippen molar-refractivity contribution >= 4 is 0 Å². The van der Waals surface area contributed by atoms with Gasteiger partial charge in [-0.1, -0.05) is 6.92 Å². The monoisotopic (exact) mass is 280 g/mol.